The molecule has 1 amide bonds. The van der Waals surface area contributed by atoms with Gasteiger partial charge in [0.15, 0.2) is 11.4 Å². The van der Waals surface area contributed by atoms with E-state index >= 15 is 0 Å². The van der Waals surface area contributed by atoms with Gasteiger partial charge >= 0.3 is 0 Å². The van der Waals surface area contributed by atoms with Gasteiger partial charge in [-0.05, 0) is 39.1 Å². The predicted molar refractivity (Wildman–Crippen MR) is 125 cm³/mol. The average molecular weight is 517 g/mol. The Kier molecular flexibility index (Phi) is 6.94. The molecule has 10 nitrogen and oxygen atoms in total. The van der Waals surface area contributed by atoms with E-state index in [0.29, 0.717) is 0 Å². The first-order chi connectivity index (χ1) is 14.8. The van der Waals surface area contributed by atoms with Gasteiger partial charge in [0, 0.05) is 17.4 Å². The standard InChI is InChI=1S/C22H24N2O8.2ClH/c1-21(31)8-5-4-6-11(25)12(8)16(26)13-9(21)7-10-15(24(2)3)17(27)14(20(23)30)19(29)22(10,32)18(13)28;;/h4-6,9-10,15,25-26,29,31-32H,7H2,1-3H3,(H2,23,30);2*1H/t9-,10+,15-,21+,22-;;/m1../s1. The fourth-order valence-electron chi connectivity index (χ4n) is 5.50. The molecule has 5 atom stereocenters. The number of benzene rings is 1. The van der Waals surface area contributed by atoms with Crippen LogP contribution in [0.5, 0.6) is 5.75 Å². The molecule has 0 bridgehead atoms. The van der Waals surface area contributed by atoms with Crippen LogP contribution in [0.1, 0.15) is 24.5 Å². The molecule has 1 aromatic rings. The molecule has 1 fully saturated rings. The van der Waals surface area contributed by atoms with Crippen molar-refractivity contribution in [3.63, 3.8) is 0 Å². The minimum absolute atomic E-state index is 0. The largest absolute Gasteiger partial charge is 0.508 e. The summed E-state index contributed by atoms with van der Waals surface area (Å²) in [6, 6.07) is 3.02. The summed E-state index contributed by atoms with van der Waals surface area (Å²) < 4.78 is 0. The molecule has 4 rings (SSSR count). The number of nitrogens with two attached hydrogens (primary N) is 1. The summed E-state index contributed by atoms with van der Waals surface area (Å²) in [5, 5.41) is 54.9. The lowest BCUT2D eigenvalue weighted by molar-refractivity contribution is -0.159. The number of phenols is 1. The number of aliphatic hydroxyl groups excluding tert-OH is 2. The van der Waals surface area contributed by atoms with Crippen LogP contribution in [0.2, 0.25) is 0 Å². The van der Waals surface area contributed by atoms with Gasteiger partial charge in [0.1, 0.15) is 22.8 Å². The van der Waals surface area contributed by atoms with Crippen LogP contribution >= 0.6 is 24.8 Å². The lowest BCUT2D eigenvalue weighted by atomic mass is 9.54. The van der Waals surface area contributed by atoms with Gasteiger partial charge in [-0.15, -0.1) is 24.8 Å². The highest BCUT2D eigenvalue weighted by Crippen LogP contribution is 2.57. The number of aliphatic hydroxyl groups is 4. The van der Waals surface area contributed by atoms with Gasteiger partial charge in [0.05, 0.1) is 17.2 Å². The molecule has 0 saturated heterocycles. The molecule has 0 radical (unpaired) electrons. The quantitative estimate of drug-likeness (QED) is 0.304. The third-order valence-electron chi connectivity index (χ3n) is 7.02. The fourth-order valence-corrected chi connectivity index (χ4v) is 5.50. The van der Waals surface area contributed by atoms with Crippen molar-refractivity contribution in [3.8, 4) is 5.75 Å². The van der Waals surface area contributed by atoms with E-state index in [9.17, 15) is 39.9 Å². The summed E-state index contributed by atoms with van der Waals surface area (Å²) in [5.74, 6) is -7.90. The predicted octanol–water partition coefficient (Wildman–Crippen LogP) is 0.473. The first-order valence-corrected chi connectivity index (χ1v) is 9.97. The van der Waals surface area contributed by atoms with Crippen LogP contribution in [0, 0.1) is 11.8 Å². The molecule has 3 aliphatic carbocycles. The molecule has 12 heteroatoms. The second kappa shape index (κ2) is 8.54. The summed E-state index contributed by atoms with van der Waals surface area (Å²) in [7, 11) is 3.01. The van der Waals surface area contributed by atoms with Crippen molar-refractivity contribution >= 4 is 48.0 Å². The van der Waals surface area contributed by atoms with E-state index in [1.165, 1.54) is 44.1 Å². The van der Waals surface area contributed by atoms with Crippen molar-refractivity contribution < 1.29 is 39.9 Å². The number of primary amides is 1. The Bertz CT molecular complexity index is 1160. The van der Waals surface area contributed by atoms with Gasteiger partial charge in [-0.2, -0.15) is 0 Å². The number of rotatable bonds is 2. The van der Waals surface area contributed by atoms with Crippen LogP contribution in [-0.2, 0) is 20.0 Å². The van der Waals surface area contributed by atoms with E-state index < -0.39 is 75.0 Å². The third kappa shape index (κ3) is 3.24. The van der Waals surface area contributed by atoms with Crippen molar-refractivity contribution in [2.24, 2.45) is 17.6 Å². The van der Waals surface area contributed by atoms with Crippen molar-refractivity contribution in [1.82, 2.24) is 4.90 Å². The Morgan fingerprint density at radius 1 is 1.12 bits per heavy atom. The van der Waals surface area contributed by atoms with Crippen LogP contribution in [0.25, 0.3) is 5.76 Å². The average Bonchev–Trinajstić information content (AvgIpc) is 2.68. The van der Waals surface area contributed by atoms with E-state index in [-0.39, 0.29) is 42.4 Å². The normalized spacial score (nSPS) is 32.4. The minimum Gasteiger partial charge on any atom is -0.508 e. The summed E-state index contributed by atoms with van der Waals surface area (Å²) >= 11 is 0. The van der Waals surface area contributed by atoms with Crippen LogP contribution in [0.3, 0.4) is 0 Å². The van der Waals surface area contributed by atoms with E-state index in [2.05, 4.69) is 0 Å². The van der Waals surface area contributed by atoms with Crippen LogP contribution in [0.4, 0.5) is 0 Å². The topological polar surface area (TPSA) is 182 Å². The number of halogens is 2. The fraction of sp³-hybridized carbons (Fsp3) is 0.409. The van der Waals surface area contributed by atoms with E-state index in [4.69, 9.17) is 5.73 Å². The highest BCUT2D eigenvalue weighted by molar-refractivity contribution is 6.24. The molecular weight excluding hydrogens is 491 g/mol. The molecule has 0 unspecified atom stereocenters. The second-order valence-corrected chi connectivity index (χ2v) is 8.96. The van der Waals surface area contributed by atoms with Gasteiger partial charge in [-0.1, -0.05) is 12.1 Å². The van der Waals surface area contributed by atoms with Crippen LogP contribution in [-0.4, -0.2) is 73.6 Å². The zero-order valence-electron chi connectivity index (χ0n) is 18.5. The molecule has 3 aliphatic rings. The van der Waals surface area contributed by atoms with Crippen molar-refractivity contribution in [2.75, 3.05) is 14.1 Å². The highest BCUT2D eigenvalue weighted by atomic mass is 35.5. The first kappa shape index (κ1) is 27.6. The molecule has 0 aliphatic heterocycles. The zero-order chi connectivity index (χ0) is 23.9. The molecule has 34 heavy (non-hydrogen) atoms. The molecule has 186 valence electrons. The number of nitrogens with zero attached hydrogens (tertiary/aromatic N) is 1. The Morgan fingerprint density at radius 2 is 1.71 bits per heavy atom. The maximum atomic E-state index is 13.7. The maximum Gasteiger partial charge on any atom is 0.255 e. The Hall–Kier alpha value is -2.63. The van der Waals surface area contributed by atoms with Crippen molar-refractivity contribution in [1.29, 1.82) is 0 Å². The Labute approximate surface area is 207 Å². The van der Waals surface area contributed by atoms with Crippen molar-refractivity contribution in [3.05, 3.63) is 46.2 Å². The zero-order valence-corrected chi connectivity index (χ0v) is 20.1. The Balaban J connectivity index is 0.00000204. The number of Topliss-reactive ketones (excluding diaryl/α,β-unsaturated/α-hetero) is 2. The van der Waals surface area contributed by atoms with E-state index in [1.54, 1.807) is 0 Å². The van der Waals surface area contributed by atoms with E-state index in [1.807, 2.05) is 0 Å². The molecule has 0 aromatic heterocycles. The number of hydrogen-bond donors (Lipinski definition) is 6. The SMILES string of the molecule is CN(C)[C@H]1C(=O)C(C(N)=O)=C(O)[C@]2(O)C(=O)C3=C(O)c4c(O)cccc4[C@](C)(O)[C@@H]3C[C@@H]12.Cl.Cl. The number of aromatic hydroxyl groups is 1. The van der Waals surface area contributed by atoms with Gasteiger partial charge < -0.3 is 31.3 Å². The number of fused-ring (bicyclic) bond motifs is 3. The number of phenolic OH excluding ortho intramolecular Hbond substituents is 1. The Morgan fingerprint density at radius 3 is 2.24 bits per heavy atom. The number of carbonyl (C=O) groups excluding carboxylic acids is 3. The highest BCUT2D eigenvalue weighted by Gasteiger charge is 2.66. The van der Waals surface area contributed by atoms with Gasteiger partial charge in [-0.3, -0.25) is 19.3 Å². The second-order valence-electron chi connectivity index (χ2n) is 8.96. The molecule has 7 N–H and O–H groups in total. The number of amides is 1. The van der Waals surface area contributed by atoms with Crippen molar-refractivity contribution in [2.45, 2.75) is 30.6 Å². The van der Waals surface area contributed by atoms with Gasteiger partial charge in [-0.25, -0.2) is 0 Å². The minimum atomic E-state index is -2.75. The molecular formula is C22H26Cl2N2O8. The smallest absolute Gasteiger partial charge is 0.255 e. The molecule has 1 saturated carbocycles. The summed E-state index contributed by atoms with van der Waals surface area (Å²) in [6.45, 7) is 1.40. The van der Waals surface area contributed by atoms with Crippen LogP contribution in [0.15, 0.2) is 35.1 Å². The molecule has 0 spiro atoms. The lowest BCUT2D eigenvalue weighted by Gasteiger charge is -2.53. The van der Waals surface area contributed by atoms with Gasteiger partial charge in [0.25, 0.3) is 5.91 Å². The van der Waals surface area contributed by atoms with Gasteiger partial charge in [0.2, 0.25) is 5.78 Å². The van der Waals surface area contributed by atoms with Crippen LogP contribution < -0.4 is 5.73 Å². The molecule has 1 aromatic carbocycles. The number of ketones is 2. The summed E-state index contributed by atoms with van der Waals surface area (Å²) in [4.78, 5) is 40.0. The number of likely N-dealkylation sites (N-methyl/N-ethyl adjacent to an activating group) is 1. The molecule has 0 heterocycles. The van der Waals surface area contributed by atoms with E-state index in [0.717, 1.165) is 0 Å². The lowest BCUT2D eigenvalue weighted by Crippen LogP contribution is -2.67. The number of hydrogen-bond acceptors (Lipinski definition) is 9. The first-order valence-electron chi connectivity index (χ1n) is 9.97. The summed E-state index contributed by atoms with van der Waals surface area (Å²) in [5.41, 5.74) is -0.548. The monoisotopic (exact) mass is 516 g/mol. The third-order valence-corrected chi connectivity index (χ3v) is 7.02. The maximum absolute atomic E-state index is 13.7. The summed E-state index contributed by atoms with van der Waals surface area (Å²) in [6.07, 6.45) is -0.200. The number of carbonyl (C=O) groups is 3.